The van der Waals surface area contributed by atoms with Crippen molar-refractivity contribution in [3.8, 4) is 0 Å². The Morgan fingerprint density at radius 3 is 2.89 bits per heavy atom. The molecule has 0 fully saturated rings. The van der Waals surface area contributed by atoms with Crippen LogP contribution in [0.4, 0.5) is 5.88 Å². The maximum Gasteiger partial charge on any atom is 0.192 e. The fourth-order valence-corrected chi connectivity index (χ4v) is 0.553. The summed E-state index contributed by atoms with van der Waals surface area (Å²) in [6, 6.07) is 3.75. The predicted octanol–water partition coefficient (Wildman–Crippen LogP) is 2.13. The molecule has 0 saturated carbocycles. The minimum absolute atomic E-state index is 0. The van der Waals surface area contributed by atoms with E-state index in [1.807, 2.05) is 19.1 Å². The van der Waals surface area contributed by atoms with E-state index in [-0.39, 0.29) is 12.4 Å². The molecule has 0 aliphatic carbocycles. The first-order valence-electron chi connectivity index (χ1n) is 2.71. The van der Waals surface area contributed by atoms with Crippen molar-refractivity contribution in [1.29, 1.82) is 0 Å². The lowest BCUT2D eigenvalue weighted by molar-refractivity contribution is 0.580. The normalized spacial score (nSPS) is 8.11. The average Bonchev–Trinajstić information content (AvgIpc) is 2.19. The van der Waals surface area contributed by atoms with E-state index in [0.29, 0.717) is 0 Å². The summed E-state index contributed by atoms with van der Waals surface area (Å²) in [5.41, 5.74) is 0. The summed E-state index contributed by atoms with van der Waals surface area (Å²) in [7, 11) is 0. The van der Waals surface area contributed by atoms with Gasteiger partial charge in [0.1, 0.15) is 0 Å². The summed E-state index contributed by atoms with van der Waals surface area (Å²) in [4.78, 5) is 0. The molecule has 0 aliphatic heterocycles. The second kappa shape index (κ2) is 4.27. The Morgan fingerprint density at radius 2 is 2.44 bits per heavy atom. The second-order valence-corrected chi connectivity index (χ2v) is 1.51. The van der Waals surface area contributed by atoms with Gasteiger partial charge in [0.05, 0.1) is 6.26 Å². The fraction of sp³-hybridized carbons (Fsp3) is 0.333. The van der Waals surface area contributed by atoms with E-state index >= 15 is 0 Å². The highest BCUT2D eigenvalue weighted by atomic mass is 35.5. The number of nitrogens with one attached hydrogen (secondary N) is 1. The Morgan fingerprint density at radius 1 is 1.67 bits per heavy atom. The van der Waals surface area contributed by atoms with E-state index in [4.69, 9.17) is 4.42 Å². The zero-order valence-electron chi connectivity index (χ0n) is 5.26. The molecule has 1 aromatic heterocycles. The van der Waals surface area contributed by atoms with Crippen molar-refractivity contribution in [2.75, 3.05) is 11.9 Å². The molecule has 0 spiro atoms. The standard InChI is InChI=1S/C6H9NO.ClH/c1-2-7-6-4-3-5-8-6;/h3-5,7H,2H2,1H3;1H. The van der Waals surface area contributed by atoms with Crippen molar-refractivity contribution < 1.29 is 4.42 Å². The SMILES string of the molecule is CCNc1ccco1.Cl. The molecule has 1 N–H and O–H groups in total. The third kappa shape index (κ3) is 2.42. The van der Waals surface area contributed by atoms with Crippen LogP contribution < -0.4 is 5.32 Å². The van der Waals surface area contributed by atoms with Crippen LogP contribution in [0.1, 0.15) is 6.92 Å². The molecule has 52 valence electrons. The van der Waals surface area contributed by atoms with Crippen molar-refractivity contribution in [1.82, 2.24) is 0 Å². The molecule has 1 heterocycles. The van der Waals surface area contributed by atoms with E-state index in [0.717, 1.165) is 12.4 Å². The molecule has 1 rings (SSSR count). The van der Waals surface area contributed by atoms with Gasteiger partial charge in [0.25, 0.3) is 0 Å². The van der Waals surface area contributed by atoms with Crippen LogP contribution in [0.2, 0.25) is 0 Å². The molecule has 0 aromatic carbocycles. The minimum atomic E-state index is 0. The molecule has 0 atom stereocenters. The van der Waals surface area contributed by atoms with Gasteiger partial charge in [0, 0.05) is 12.6 Å². The Hall–Kier alpha value is -0.630. The van der Waals surface area contributed by atoms with E-state index < -0.39 is 0 Å². The van der Waals surface area contributed by atoms with Gasteiger partial charge in [0.15, 0.2) is 5.88 Å². The highest BCUT2D eigenvalue weighted by molar-refractivity contribution is 5.85. The third-order valence-electron chi connectivity index (χ3n) is 0.872. The van der Waals surface area contributed by atoms with Crippen molar-refractivity contribution >= 4 is 18.3 Å². The van der Waals surface area contributed by atoms with Crippen LogP contribution in [-0.4, -0.2) is 6.54 Å². The Bertz CT molecular complexity index is 139. The largest absolute Gasteiger partial charge is 0.449 e. The van der Waals surface area contributed by atoms with Crippen LogP contribution in [0.25, 0.3) is 0 Å². The molecule has 0 bridgehead atoms. The summed E-state index contributed by atoms with van der Waals surface area (Å²) < 4.78 is 4.96. The van der Waals surface area contributed by atoms with Gasteiger partial charge in [-0.3, -0.25) is 0 Å². The van der Waals surface area contributed by atoms with Crippen molar-refractivity contribution in [2.24, 2.45) is 0 Å². The fourth-order valence-electron chi connectivity index (χ4n) is 0.553. The molecule has 3 heteroatoms. The lowest BCUT2D eigenvalue weighted by atomic mass is 10.6. The molecule has 0 amide bonds. The smallest absolute Gasteiger partial charge is 0.192 e. The summed E-state index contributed by atoms with van der Waals surface area (Å²) in [5, 5.41) is 3.02. The molecule has 0 unspecified atom stereocenters. The predicted molar refractivity (Wildman–Crippen MR) is 40.1 cm³/mol. The average molecular weight is 148 g/mol. The van der Waals surface area contributed by atoms with Crippen LogP contribution in [-0.2, 0) is 0 Å². The first kappa shape index (κ1) is 8.37. The van der Waals surface area contributed by atoms with E-state index in [2.05, 4.69) is 5.32 Å². The van der Waals surface area contributed by atoms with Gasteiger partial charge in [-0.05, 0) is 13.0 Å². The molecule has 1 aromatic rings. The monoisotopic (exact) mass is 147 g/mol. The lowest BCUT2D eigenvalue weighted by Gasteiger charge is -1.92. The van der Waals surface area contributed by atoms with Gasteiger partial charge >= 0.3 is 0 Å². The zero-order chi connectivity index (χ0) is 5.82. The van der Waals surface area contributed by atoms with Gasteiger partial charge in [0.2, 0.25) is 0 Å². The Kier molecular flexibility index (Phi) is 3.97. The van der Waals surface area contributed by atoms with Gasteiger partial charge < -0.3 is 9.73 Å². The quantitative estimate of drug-likeness (QED) is 0.694. The van der Waals surface area contributed by atoms with Gasteiger partial charge in [-0.2, -0.15) is 0 Å². The first-order valence-corrected chi connectivity index (χ1v) is 2.71. The first-order chi connectivity index (χ1) is 3.93. The molecule has 0 aliphatic rings. The Labute approximate surface area is 60.7 Å². The summed E-state index contributed by atoms with van der Waals surface area (Å²) in [5.74, 6) is 0.840. The van der Waals surface area contributed by atoms with Crippen LogP contribution in [0.15, 0.2) is 22.8 Å². The summed E-state index contributed by atoms with van der Waals surface area (Å²) in [6.45, 7) is 2.94. The maximum atomic E-state index is 4.96. The van der Waals surface area contributed by atoms with E-state index in [1.165, 1.54) is 0 Å². The van der Waals surface area contributed by atoms with Crippen LogP contribution in [0.3, 0.4) is 0 Å². The Balaban J connectivity index is 0.000000640. The number of hydrogen-bond acceptors (Lipinski definition) is 2. The molecule has 0 saturated heterocycles. The van der Waals surface area contributed by atoms with Gasteiger partial charge in [-0.15, -0.1) is 12.4 Å². The molecule has 9 heavy (non-hydrogen) atoms. The number of rotatable bonds is 2. The maximum absolute atomic E-state index is 4.96. The summed E-state index contributed by atoms with van der Waals surface area (Å²) >= 11 is 0. The van der Waals surface area contributed by atoms with Crippen molar-refractivity contribution in [3.63, 3.8) is 0 Å². The lowest BCUT2D eigenvalue weighted by Crippen LogP contribution is -1.92. The number of halogens is 1. The second-order valence-electron chi connectivity index (χ2n) is 1.51. The van der Waals surface area contributed by atoms with E-state index in [9.17, 15) is 0 Å². The van der Waals surface area contributed by atoms with Gasteiger partial charge in [-0.25, -0.2) is 0 Å². The minimum Gasteiger partial charge on any atom is -0.449 e. The number of furan rings is 1. The zero-order valence-corrected chi connectivity index (χ0v) is 6.07. The van der Waals surface area contributed by atoms with Gasteiger partial charge in [-0.1, -0.05) is 0 Å². The molecule has 2 nitrogen and oxygen atoms in total. The molecular weight excluding hydrogens is 138 g/mol. The molecular formula is C6H10ClNO. The van der Waals surface area contributed by atoms with Crippen LogP contribution in [0.5, 0.6) is 0 Å². The van der Waals surface area contributed by atoms with E-state index in [1.54, 1.807) is 6.26 Å². The summed E-state index contributed by atoms with van der Waals surface area (Å²) in [6.07, 6.45) is 1.65. The van der Waals surface area contributed by atoms with Crippen molar-refractivity contribution in [3.05, 3.63) is 18.4 Å². The van der Waals surface area contributed by atoms with Crippen LogP contribution >= 0.6 is 12.4 Å². The van der Waals surface area contributed by atoms with Crippen LogP contribution in [0, 0.1) is 0 Å². The highest BCUT2D eigenvalue weighted by Crippen LogP contribution is 2.04. The third-order valence-corrected chi connectivity index (χ3v) is 0.872. The molecule has 0 radical (unpaired) electrons. The van der Waals surface area contributed by atoms with Crippen molar-refractivity contribution in [2.45, 2.75) is 6.92 Å². The number of hydrogen-bond donors (Lipinski definition) is 1. The topological polar surface area (TPSA) is 25.2 Å². The number of anilines is 1. The highest BCUT2D eigenvalue weighted by Gasteiger charge is 1.85.